The first-order chi connectivity index (χ1) is 12.9. The van der Waals surface area contributed by atoms with Crippen LogP contribution in [0.1, 0.15) is 11.1 Å². The number of likely N-dealkylation sites (N-methyl/N-ethyl adjacent to an activating group) is 1. The summed E-state index contributed by atoms with van der Waals surface area (Å²) >= 11 is 0. The van der Waals surface area contributed by atoms with Gasteiger partial charge in [0.2, 0.25) is 15.9 Å². The van der Waals surface area contributed by atoms with Crippen LogP contribution in [0.5, 0.6) is 11.5 Å². The summed E-state index contributed by atoms with van der Waals surface area (Å²) in [7, 11) is 0.499. The lowest BCUT2D eigenvalue weighted by Gasteiger charge is -2.34. The molecule has 3 rings (SSSR count). The molecule has 0 radical (unpaired) electrons. The van der Waals surface area contributed by atoms with Gasteiger partial charge in [-0.05, 0) is 29.7 Å². The number of hydrogen-bond donors (Lipinski definition) is 1. The Morgan fingerprint density at radius 2 is 1.74 bits per heavy atom. The summed E-state index contributed by atoms with van der Waals surface area (Å²) in [6.45, 7) is 0.130. The summed E-state index contributed by atoms with van der Waals surface area (Å²) in [6, 6.07) is 11.1. The molecule has 0 saturated heterocycles. The molecule has 27 heavy (non-hydrogen) atoms. The van der Waals surface area contributed by atoms with Crippen LogP contribution < -0.4 is 14.8 Å². The quantitative estimate of drug-likeness (QED) is 0.838. The van der Waals surface area contributed by atoms with Crippen LogP contribution in [-0.4, -0.2) is 45.9 Å². The third-order valence-corrected chi connectivity index (χ3v) is 6.57. The van der Waals surface area contributed by atoms with Crippen molar-refractivity contribution in [1.82, 2.24) is 9.62 Å². The zero-order valence-corrected chi connectivity index (χ0v) is 16.2. The van der Waals surface area contributed by atoms with Gasteiger partial charge in [0, 0.05) is 19.7 Å². The molecule has 2 aromatic carbocycles. The molecule has 1 aliphatic rings. The van der Waals surface area contributed by atoms with Gasteiger partial charge in [0.1, 0.15) is 6.04 Å². The number of amides is 1. The zero-order chi connectivity index (χ0) is 19.6. The third kappa shape index (κ3) is 3.50. The number of methoxy groups -OCH3 is 2. The Labute approximate surface area is 158 Å². The number of benzene rings is 2. The van der Waals surface area contributed by atoms with Crippen LogP contribution in [0, 0.1) is 0 Å². The molecule has 0 aliphatic carbocycles. The van der Waals surface area contributed by atoms with Crippen LogP contribution in [0.25, 0.3) is 0 Å². The smallest absolute Gasteiger partial charge is 0.244 e. The van der Waals surface area contributed by atoms with E-state index in [0.717, 1.165) is 11.1 Å². The molecule has 0 spiro atoms. The molecule has 0 bridgehead atoms. The molecule has 1 atom stereocenters. The van der Waals surface area contributed by atoms with Gasteiger partial charge in [0.25, 0.3) is 0 Å². The first-order valence-corrected chi connectivity index (χ1v) is 9.88. The molecule has 7 nitrogen and oxygen atoms in total. The van der Waals surface area contributed by atoms with Crippen molar-refractivity contribution in [3.8, 4) is 11.5 Å². The maximum Gasteiger partial charge on any atom is 0.244 e. The monoisotopic (exact) mass is 390 g/mol. The highest BCUT2D eigenvalue weighted by atomic mass is 32.2. The first kappa shape index (κ1) is 19.2. The molecule has 1 heterocycles. The summed E-state index contributed by atoms with van der Waals surface area (Å²) in [6.07, 6.45) is 0.322. The molecule has 8 heteroatoms. The summed E-state index contributed by atoms with van der Waals surface area (Å²) in [5.41, 5.74) is 1.87. The van der Waals surface area contributed by atoms with Crippen molar-refractivity contribution in [3.63, 3.8) is 0 Å². The lowest BCUT2D eigenvalue weighted by atomic mass is 9.95. The predicted octanol–water partition coefficient (Wildman–Crippen LogP) is 1.57. The summed E-state index contributed by atoms with van der Waals surface area (Å²) in [5.74, 6) is 0.407. The fourth-order valence-electron chi connectivity index (χ4n) is 3.25. The molecule has 1 aliphatic heterocycles. The van der Waals surface area contributed by atoms with Gasteiger partial charge in [-0.15, -0.1) is 0 Å². The number of rotatable bonds is 5. The van der Waals surface area contributed by atoms with Gasteiger partial charge < -0.3 is 14.8 Å². The van der Waals surface area contributed by atoms with Crippen molar-refractivity contribution in [1.29, 1.82) is 0 Å². The maximum atomic E-state index is 13.3. The zero-order valence-electron chi connectivity index (χ0n) is 15.4. The van der Waals surface area contributed by atoms with E-state index in [-0.39, 0.29) is 17.3 Å². The lowest BCUT2D eigenvalue weighted by molar-refractivity contribution is -0.124. The van der Waals surface area contributed by atoms with E-state index in [1.54, 1.807) is 6.07 Å². The molecular formula is C19H22N2O5S. The Bertz CT molecular complexity index is 958. The number of carbonyl (C=O) groups is 1. The average molecular weight is 390 g/mol. The highest BCUT2D eigenvalue weighted by molar-refractivity contribution is 7.89. The van der Waals surface area contributed by atoms with Crippen molar-refractivity contribution in [2.75, 3.05) is 21.3 Å². The molecule has 2 aromatic rings. The topological polar surface area (TPSA) is 84.9 Å². The Kier molecular flexibility index (Phi) is 5.38. The predicted molar refractivity (Wildman–Crippen MR) is 100 cm³/mol. The molecule has 144 valence electrons. The van der Waals surface area contributed by atoms with Crippen molar-refractivity contribution in [2.45, 2.75) is 23.9 Å². The molecule has 1 amide bonds. The van der Waals surface area contributed by atoms with E-state index < -0.39 is 16.1 Å². The maximum absolute atomic E-state index is 13.3. The van der Waals surface area contributed by atoms with Crippen LogP contribution in [-0.2, 0) is 27.8 Å². The summed E-state index contributed by atoms with van der Waals surface area (Å²) in [5, 5.41) is 2.57. The number of sulfonamides is 1. The number of carbonyl (C=O) groups excluding carboxylic acids is 1. The van der Waals surface area contributed by atoms with Gasteiger partial charge in [-0.2, -0.15) is 4.31 Å². The minimum absolute atomic E-state index is 0.0495. The van der Waals surface area contributed by atoms with Crippen LogP contribution in [0.15, 0.2) is 47.4 Å². The normalized spacial score (nSPS) is 17.1. The number of nitrogens with one attached hydrogen (secondary N) is 1. The Balaban J connectivity index is 2.07. The van der Waals surface area contributed by atoms with Crippen molar-refractivity contribution in [3.05, 3.63) is 53.6 Å². The fraction of sp³-hybridized carbons (Fsp3) is 0.316. The second kappa shape index (κ2) is 7.58. The molecular weight excluding hydrogens is 368 g/mol. The molecule has 0 aromatic heterocycles. The Morgan fingerprint density at radius 1 is 1.07 bits per heavy atom. The van der Waals surface area contributed by atoms with Gasteiger partial charge >= 0.3 is 0 Å². The molecule has 0 saturated carbocycles. The molecule has 0 unspecified atom stereocenters. The van der Waals surface area contributed by atoms with E-state index >= 15 is 0 Å². The van der Waals surface area contributed by atoms with Gasteiger partial charge in [0.15, 0.2) is 11.5 Å². The third-order valence-electron chi connectivity index (χ3n) is 4.72. The average Bonchev–Trinajstić information content (AvgIpc) is 2.71. The van der Waals surface area contributed by atoms with E-state index in [1.165, 1.54) is 37.7 Å². The minimum atomic E-state index is -3.93. The van der Waals surface area contributed by atoms with E-state index in [4.69, 9.17) is 9.47 Å². The SMILES string of the molecule is CNC(=O)[C@H]1Cc2ccccc2CN1S(=O)(=O)c1ccc(OC)c(OC)c1. The second-order valence-electron chi connectivity index (χ2n) is 6.17. The van der Waals surface area contributed by atoms with Crippen molar-refractivity contribution >= 4 is 15.9 Å². The largest absolute Gasteiger partial charge is 0.493 e. The van der Waals surface area contributed by atoms with Crippen LogP contribution in [0.2, 0.25) is 0 Å². The standard InChI is InChI=1S/C19H22N2O5S/c1-20-19(22)16-10-13-6-4-5-7-14(13)12-21(16)27(23,24)15-8-9-17(25-2)18(11-15)26-3/h4-9,11,16H,10,12H2,1-3H3,(H,20,22)/t16-/m1/s1. The lowest BCUT2D eigenvalue weighted by Crippen LogP contribution is -2.51. The van der Waals surface area contributed by atoms with Crippen LogP contribution >= 0.6 is 0 Å². The van der Waals surface area contributed by atoms with Crippen molar-refractivity contribution in [2.24, 2.45) is 0 Å². The number of hydrogen-bond acceptors (Lipinski definition) is 5. The highest BCUT2D eigenvalue weighted by Crippen LogP contribution is 2.34. The Morgan fingerprint density at radius 3 is 2.37 bits per heavy atom. The van der Waals surface area contributed by atoms with Gasteiger partial charge in [-0.3, -0.25) is 4.79 Å². The van der Waals surface area contributed by atoms with Crippen molar-refractivity contribution < 1.29 is 22.7 Å². The van der Waals surface area contributed by atoms with Gasteiger partial charge in [-0.25, -0.2) is 8.42 Å². The van der Waals surface area contributed by atoms with E-state index in [1.807, 2.05) is 24.3 Å². The van der Waals surface area contributed by atoms with E-state index in [2.05, 4.69) is 5.32 Å². The molecule has 1 N–H and O–H groups in total. The van der Waals surface area contributed by atoms with Gasteiger partial charge in [-0.1, -0.05) is 24.3 Å². The number of ether oxygens (including phenoxy) is 2. The highest BCUT2D eigenvalue weighted by Gasteiger charge is 2.39. The number of fused-ring (bicyclic) bond motifs is 1. The summed E-state index contributed by atoms with van der Waals surface area (Å²) < 4.78 is 38.3. The Hall–Kier alpha value is -2.58. The van der Waals surface area contributed by atoms with Crippen LogP contribution in [0.3, 0.4) is 0 Å². The number of nitrogens with zero attached hydrogens (tertiary/aromatic N) is 1. The summed E-state index contributed by atoms with van der Waals surface area (Å²) in [4.78, 5) is 12.5. The van der Waals surface area contributed by atoms with E-state index in [0.29, 0.717) is 17.9 Å². The fourth-order valence-corrected chi connectivity index (χ4v) is 4.84. The van der Waals surface area contributed by atoms with Gasteiger partial charge in [0.05, 0.1) is 19.1 Å². The van der Waals surface area contributed by atoms with E-state index in [9.17, 15) is 13.2 Å². The first-order valence-electron chi connectivity index (χ1n) is 8.44. The molecule has 0 fully saturated rings. The second-order valence-corrected chi connectivity index (χ2v) is 8.06. The minimum Gasteiger partial charge on any atom is -0.493 e. The van der Waals surface area contributed by atoms with Crippen LogP contribution in [0.4, 0.5) is 0 Å².